The maximum Gasteiger partial charge on any atom is 0.442 e. The number of aromatic amines is 1. The van der Waals surface area contributed by atoms with Crippen LogP contribution < -0.4 is 5.73 Å². The van der Waals surface area contributed by atoms with Gasteiger partial charge in [-0.2, -0.15) is 5.21 Å². The highest BCUT2D eigenvalue weighted by molar-refractivity contribution is 5.42. The van der Waals surface area contributed by atoms with E-state index in [1.165, 1.54) is 0 Å². The number of tetrazole rings is 1. The second-order valence-electron chi connectivity index (χ2n) is 2.06. The number of nitrogen functional groups attached to an aromatic ring is 1. The zero-order valence-electron chi connectivity index (χ0n) is 6.52. The van der Waals surface area contributed by atoms with Crippen LogP contribution in [-0.4, -0.2) is 35.8 Å². The molecule has 0 unspecified atom stereocenters. The molecule has 2 aromatic heterocycles. The van der Waals surface area contributed by atoms with Gasteiger partial charge in [0.05, 0.1) is 0 Å². The van der Waals surface area contributed by atoms with Crippen molar-refractivity contribution >= 4 is 17.6 Å². The van der Waals surface area contributed by atoms with E-state index in [2.05, 4.69) is 40.7 Å². The largest absolute Gasteiger partial charge is 0.690 e. The number of nitrogens with two attached hydrogens (primary N) is 1. The van der Waals surface area contributed by atoms with Gasteiger partial charge in [-0.25, -0.2) is 0 Å². The molecular weight excluding hydrogens is 194 g/mol. The van der Waals surface area contributed by atoms with Gasteiger partial charge in [0.2, 0.25) is 0 Å². The molecule has 0 aliphatic rings. The molecule has 2 rings (SSSR count). The molecule has 2 heterocycles. The average molecular weight is 197 g/mol. The molecule has 0 amide bonds. The van der Waals surface area contributed by atoms with Gasteiger partial charge in [-0.05, 0) is 10.3 Å². The Morgan fingerprint density at radius 2 is 2.36 bits per heavy atom. The fourth-order valence-electron chi connectivity index (χ4n) is 0.651. The molecule has 3 N–H and O–H groups in total. The van der Waals surface area contributed by atoms with E-state index in [-0.39, 0.29) is 22.4 Å². The number of azo groups is 1. The third-order valence-electron chi connectivity index (χ3n) is 1.19. The van der Waals surface area contributed by atoms with Crippen LogP contribution in [0.25, 0.3) is 0 Å². The molecule has 0 aromatic carbocycles. The van der Waals surface area contributed by atoms with E-state index in [9.17, 15) is 5.21 Å². The van der Waals surface area contributed by atoms with Crippen molar-refractivity contribution in [3.05, 3.63) is 5.21 Å². The summed E-state index contributed by atoms with van der Waals surface area (Å²) in [4.78, 5) is 0.0800. The van der Waals surface area contributed by atoms with Gasteiger partial charge >= 0.3 is 11.8 Å². The molecule has 0 fully saturated rings. The zero-order chi connectivity index (χ0) is 9.97. The van der Waals surface area contributed by atoms with Crippen molar-refractivity contribution in [3.8, 4) is 0 Å². The van der Waals surface area contributed by atoms with Crippen LogP contribution in [0, 0.1) is 5.21 Å². The monoisotopic (exact) mass is 197 g/mol. The maximum atomic E-state index is 11.2. The van der Waals surface area contributed by atoms with E-state index in [4.69, 9.17) is 5.73 Å². The fourth-order valence-corrected chi connectivity index (χ4v) is 0.651. The molecule has 0 aliphatic heterocycles. The molecule has 14 heavy (non-hydrogen) atoms. The SMILES string of the molecule is Nc1nonc1[N+]([O-])=Nc1nn[nH]n1. The van der Waals surface area contributed by atoms with Crippen LogP contribution in [-0.2, 0) is 0 Å². The van der Waals surface area contributed by atoms with Crippen molar-refractivity contribution in [2.24, 2.45) is 5.11 Å². The molecule has 72 valence electrons. The smallest absolute Gasteiger partial charge is 0.442 e. The van der Waals surface area contributed by atoms with Crippen molar-refractivity contribution in [2.75, 3.05) is 5.73 Å². The standard InChI is InChI=1S/C3H3N9O2/c4-1-2(9-14-8-1)12(13)7-3-5-10-11-6-3/h(H2,4,8)(H,5,6,10,11). The van der Waals surface area contributed by atoms with Gasteiger partial charge in [0.1, 0.15) is 0 Å². The van der Waals surface area contributed by atoms with E-state index in [1.807, 2.05) is 0 Å². The minimum atomic E-state index is -0.269. The highest BCUT2D eigenvalue weighted by atomic mass is 16.6. The molecule has 0 spiro atoms. The first kappa shape index (κ1) is 8.03. The predicted octanol–water partition coefficient (Wildman–Crippen LogP) is -0.909. The summed E-state index contributed by atoms with van der Waals surface area (Å²) < 4.78 is 4.19. The lowest BCUT2D eigenvalue weighted by Crippen LogP contribution is -1.96. The van der Waals surface area contributed by atoms with E-state index >= 15 is 0 Å². The zero-order valence-corrected chi connectivity index (χ0v) is 6.52. The third kappa shape index (κ3) is 1.33. The Balaban J connectivity index is 2.33. The van der Waals surface area contributed by atoms with Gasteiger partial charge in [0.15, 0.2) is 5.16 Å². The Hall–Kier alpha value is -2.59. The van der Waals surface area contributed by atoms with Crippen LogP contribution in [0.15, 0.2) is 9.74 Å². The van der Waals surface area contributed by atoms with Gasteiger partial charge in [-0.1, -0.05) is 5.10 Å². The first-order valence-corrected chi connectivity index (χ1v) is 3.28. The van der Waals surface area contributed by atoms with E-state index in [0.29, 0.717) is 0 Å². The van der Waals surface area contributed by atoms with Gasteiger partial charge in [0.25, 0.3) is 5.82 Å². The molecule has 0 atom stereocenters. The molecule has 2 aromatic rings. The Morgan fingerprint density at radius 3 is 2.93 bits per heavy atom. The average Bonchev–Trinajstić information content (AvgIpc) is 2.75. The summed E-state index contributed by atoms with van der Waals surface area (Å²) in [6, 6.07) is 0. The molecule has 0 radical (unpaired) electrons. The topological polar surface area (TPSA) is 158 Å². The second kappa shape index (κ2) is 3.04. The van der Waals surface area contributed by atoms with Gasteiger partial charge in [-0.3, -0.25) is 0 Å². The number of H-pyrrole nitrogens is 1. The number of aromatic nitrogens is 6. The van der Waals surface area contributed by atoms with Gasteiger partial charge in [-0.15, -0.1) is 14.6 Å². The number of anilines is 1. The second-order valence-corrected chi connectivity index (χ2v) is 2.06. The number of nitrogens with zero attached hydrogens (tertiary/aromatic N) is 7. The lowest BCUT2D eigenvalue weighted by molar-refractivity contribution is -0.440. The first-order chi connectivity index (χ1) is 6.77. The highest BCUT2D eigenvalue weighted by Gasteiger charge is 2.18. The Labute approximate surface area is 75.1 Å². The van der Waals surface area contributed by atoms with Crippen LogP contribution in [0.5, 0.6) is 0 Å². The maximum absolute atomic E-state index is 11.2. The molecule has 0 bridgehead atoms. The predicted molar refractivity (Wildman–Crippen MR) is 38.3 cm³/mol. The number of nitrogens with one attached hydrogen (secondary N) is 1. The van der Waals surface area contributed by atoms with E-state index in [1.54, 1.807) is 0 Å². The van der Waals surface area contributed by atoms with Crippen molar-refractivity contribution in [2.45, 2.75) is 0 Å². The summed E-state index contributed by atoms with van der Waals surface area (Å²) in [5.41, 5.74) is 5.24. The molecule has 0 aliphatic carbocycles. The van der Waals surface area contributed by atoms with Crippen LogP contribution in [0.4, 0.5) is 17.6 Å². The lowest BCUT2D eigenvalue weighted by atomic mass is 10.7. The fraction of sp³-hybridized carbons (Fsp3) is 0. The highest BCUT2D eigenvalue weighted by Crippen LogP contribution is 2.16. The Morgan fingerprint density at radius 1 is 1.50 bits per heavy atom. The van der Waals surface area contributed by atoms with Crippen molar-refractivity contribution < 1.29 is 9.49 Å². The minimum absolute atomic E-state index is 0.0800. The van der Waals surface area contributed by atoms with Crippen LogP contribution in [0.2, 0.25) is 0 Å². The Kier molecular flexibility index (Phi) is 1.74. The quantitative estimate of drug-likeness (QED) is 0.355. The van der Waals surface area contributed by atoms with Gasteiger partial charge < -0.3 is 10.9 Å². The summed E-state index contributed by atoms with van der Waals surface area (Å²) in [6.07, 6.45) is 0. The number of hydrogen-bond donors (Lipinski definition) is 2. The van der Waals surface area contributed by atoms with Crippen molar-refractivity contribution in [1.82, 2.24) is 30.9 Å². The molecular formula is C3H3N9O2. The summed E-state index contributed by atoms with van der Waals surface area (Å²) in [5, 5.41) is 33.1. The molecule has 0 saturated heterocycles. The van der Waals surface area contributed by atoms with E-state index in [0.717, 1.165) is 0 Å². The summed E-state index contributed by atoms with van der Waals surface area (Å²) in [5.74, 6) is -0.593. The normalized spacial score (nSPS) is 11.9. The van der Waals surface area contributed by atoms with Crippen LogP contribution in [0.3, 0.4) is 0 Å². The van der Waals surface area contributed by atoms with Gasteiger partial charge in [0, 0.05) is 5.16 Å². The molecule has 11 nitrogen and oxygen atoms in total. The summed E-state index contributed by atoms with van der Waals surface area (Å²) in [6.45, 7) is 0. The first-order valence-electron chi connectivity index (χ1n) is 3.28. The summed E-state index contributed by atoms with van der Waals surface area (Å²) >= 11 is 0. The number of hydrogen-bond acceptors (Lipinski definition) is 9. The van der Waals surface area contributed by atoms with Crippen molar-refractivity contribution in [3.63, 3.8) is 0 Å². The van der Waals surface area contributed by atoms with Crippen LogP contribution in [0.1, 0.15) is 0 Å². The Bertz CT molecular complexity index is 442. The van der Waals surface area contributed by atoms with Crippen LogP contribution >= 0.6 is 0 Å². The summed E-state index contributed by atoms with van der Waals surface area (Å²) in [7, 11) is 0. The van der Waals surface area contributed by atoms with E-state index < -0.39 is 0 Å². The van der Waals surface area contributed by atoms with Crippen molar-refractivity contribution in [1.29, 1.82) is 0 Å². The number of rotatable bonds is 2. The lowest BCUT2D eigenvalue weighted by Gasteiger charge is -1.95. The molecule has 0 saturated carbocycles. The minimum Gasteiger partial charge on any atom is -0.690 e. The molecule has 11 heteroatoms. The third-order valence-corrected chi connectivity index (χ3v) is 1.19.